The predicted molar refractivity (Wildman–Crippen MR) is 140 cm³/mol. The lowest BCUT2D eigenvalue weighted by molar-refractivity contribution is -0.234. The molecule has 0 radical (unpaired) electrons. The molecule has 0 amide bonds. The van der Waals surface area contributed by atoms with Crippen molar-refractivity contribution in [2.24, 2.45) is 5.92 Å². The molecule has 5 nitrogen and oxygen atoms in total. The average Bonchev–Trinajstić information content (AvgIpc) is 2.89. The molecule has 1 aliphatic rings. The summed E-state index contributed by atoms with van der Waals surface area (Å²) in [5.41, 5.74) is 3.55. The fraction of sp³-hybridized carbons (Fsp3) is 0.367. The van der Waals surface area contributed by atoms with Crippen LogP contribution in [0, 0.1) is 5.92 Å². The standard InChI is InChI=1S/C30H33ClO5/c1-3-26-20(2)28(34-18-21-10-6-4-7-11-21)30(35-19-22-12-8-5-9-13-22)29(36-26)23-14-15-25(31)24(16-23)17-27(32)33/h4-16,20,26,28-30H,3,17-19H2,1-2H3,(H,32,33)/t20-,26-,28+,29+,30-/m1/s1. The topological polar surface area (TPSA) is 65.0 Å². The van der Waals surface area contributed by atoms with Gasteiger partial charge in [-0.2, -0.15) is 0 Å². The summed E-state index contributed by atoms with van der Waals surface area (Å²) in [6.45, 7) is 5.14. The molecule has 0 bridgehead atoms. The molecule has 1 N–H and O–H groups in total. The fourth-order valence-corrected chi connectivity index (χ4v) is 5.03. The Morgan fingerprint density at radius 1 is 0.917 bits per heavy atom. The minimum atomic E-state index is -0.931. The molecule has 0 aliphatic carbocycles. The Labute approximate surface area is 218 Å². The van der Waals surface area contributed by atoms with Crippen molar-refractivity contribution in [1.82, 2.24) is 0 Å². The number of halogens is 1. The molecule has 4 rings (SSSR count). The van der Waals surface area contributed by atoms with Crippen molar-refractivity contribution in [3.05, 3.63) is 106 Å². The summed E-state index contributed by atoms with van der Waals surface area (Å²) < 4.78 is 19.7. The second-order valence-electron chi connectivity index (χ2n) is 9.31. The number of carbonyl (C=O) groups is 1. The monoisotopic (exact) mass is 508 g/mol. The van der Waals surface area contributed by atoms with E-state index in [0.717, 1.165) is 23.1 Å². The first-order valence-electron chi connectivity index (χ1n) is 12.4. The van der Waals surface area contributed by atoms with Crippen molar-refractivity contribution < 1.29 is 24.1 Å². The van der Waals surface area contributed by atoms with Gasteiger partial charge in [-0.15, -0.1) is 0 Å². The van der Waals surface area contributed by atoms with E-state index in [1.165, 1.54) is 0 Å². The second kappa shape index (κ2) is 12.5. The van der Waals surface area contributed by atoms with Gasteiger partial charge in [-0.3, -0.25) is 4.79 Å². The molecule has 0 saturated carbocycles. The van der Waals surface area contributed by atoms with E-state index < -0.39 is 18.2 Å². The van der Waals surface area contributed by atoms with E-state index in [-0.39, 0.29) is 24.5 Å². The van der Waals surface area contributed by atoms with Gasteiger partial charge in [-0.25, -0.2) is 0 Å². The SMILES string of the molecule is CC[C@H]1O[C@@H](c2ccc(Cl)c(CC(=O)O)c2)[C@H](OCc2ccccc2)[C@@H](OCc2ccccc2)[C@@H]1C. The van der Waals surface area contributed by atoms with E-state index in [2.05, 4.69) is 26.0 Å². The number of carboxylic acids is 1. The third-order valence-electron chi connectivity index (χ3n) is 6.76. The maximum atomic E-state index is 11.4. The summed E-state index contributed by atoms with van der Waals surface area (Å²) in [6.07, 6.45) is -0.423. The summed E-state index contributed by atoms with van der Waals surface area (Å²) in [7, 11) is 0. The van der Waals surface area contributed by atoms with Crippen molar-refractivity contribution in [3.63, 3.8) is 0 Å². The van der Waals surface area contributed by atoms with Gasteiger partial charge in [0.25, 0.3) is 0 Å². The Morgan fingerprint density at radius 2 is 1.50 bits per heavy atom. The molecule has 0 unspecified atom stereocenters. The fourth-order valence-electron chi connectivity index (χ4n) is 4.84. The zero-order chi connectivity index (χ0) is 25.5. The van der Waals surface area contributed by atoms with Crippen molar-refractivity contribution in [2.45, 2.75) is 64.3 Å². The Hall–Kier alpha value is -2.70. The lowest BCUT2D eigenvalue weighted by atomic mass is 9.84. The van der Waals surface area contributed by atoms with Gasteiger partial charge in [0.1, 0.15) is 12.2 Å². The minimum absolute atomic E-state index is 0.0362. The number of rotatable bonds is 10. The molecule has 1 aliphatic heterocycles. The van der Waals surface area contributed by atoms with E-state index in [0.29, 0.717) is 23.8 Å². The van der Waals surface area contributed by atoms with E-state index >= 15 is 0 Å². The van der Waals surface area contributed by atoms with Crippen LogP contribution in [0.3, 0.4) is 0 Å². The van der Waals surface area contributed by atoms with Crippen LogP contribution in [0.15, 0.2) is 78.9 Å². The van der Waals surface area contributed by atoms with Gasteiger partial charge in [-0.05, 0) is 34.7 Å². The van der Waals surface area contributed by atoms with Gasteiger partial charge in [0.2, 0.25) is 0 Å². The van der Waals surface area contributed by atoms with E-state index in [9.17, 15) is 9.90 Å². The highest BCUT2D eigenvalue weighted by atomic mass is 35.5. The number of hydrogen-bond donors (Lipinski definition) is 1. The van der Waals surface area contributed by atoms with Crippen LogP contribution >= 0.6 is 11.6 Å². The molecular weight excluding hydrogens is 476 g/mol. The van der Waals surface area contributed by atoms with Gasteiger partial charge in [0, 0.05) is 10.9 Å². The summed E-state index contributed by atoms with van der Waals surface area (Å²) >= 11 is 6.32. The van der Waals surface area contributed by atoms with Crippen LogP contribution in [0.2, 0.25) is 5.02 Å². The quantitative estimate of drug-likeness (QED) is 0.333. The first kappa shape index (κ1) is 26.4. The van der Waals surface area contributed by atoms with Crippen LogP contribution in [-0.2, 0) is 38.6 Å². The van der Waals surface area contributed by atoms with Crippen LogP contribution in [0.1, 0.15) is 48.6 Å². The third-order valence-corrected chi connectivity index (χ3v) is 7.13. The molecule has 5 atom stereocenters. The summed E-state index contributed by atoms with van der Waals surface area (Å²) in [6, 6.07) is 25.6. The maximum absolute atomic E-state index is 11.4. The molecular formula is C30H33ClO5. The molecule has 3 aromatic carbocycles. The minimum Gasteiger partial charge on any atom is -0.481 e. The Bertz CT molecular complexity index is 1120. The van der Waals surface area contributed by atoms with Gasteiger partial charge in [-0.1, -0.05) is 98.2 Å². The maximum Gasteiger partial charge on any atom is 0.307 e. The number of hydrogen-bond acceptors (Lipinski definition) is 4. The Kier molecular flexibility index (Phi) is 9.16. The Balaban J connectivity index is 1.67. The zero-order valence-corrected chi connectivity index (χ0v) is 21.4. The van der Waals surface area contributed by atoms with Gasteiger partial charge in [0.05, 0.1) is 31.8 Å². The second-order valence-corrected chi connectivity index (χ2v) is 9.71. The van der Waals surface area contributed by atoms with Gasteiger partial charge < -0.3 is 19.3 Å². The van der Waals surface area contributed by atoms with Crippen LogP contribution in [0.5, 0.6) is 0 Å². The zero-order valence-electron chi connectivity index (χ0n) is 20.7. The molecule has 3 aromatic rings. The number of benzene rings is 3. The van der Waals surface area contributed by atoms with Crippen LogP contribution in [0.25, 0.3) is 0 Å². The van der Waals surface area contributed by atoms with Gasteiger partial charge >= 0.3 is 5.97 Å². The number of ether oxygens (including phenoxy) is 3. The van der Waals surface area contributed by atoms with E-state index in [1.807, 2.05) is 60.7 Å². The molecule has 0 spiro atoms. The Morgan fingerprint density at radius 3 is 2.06 bits per heavy atom. The first-order valence-corrected chi connectivity index (χ1v) is 12.8. The van der Waals surface area contributed by atoms with Crippen LogP contribution < -0.4 is 0 Å². The molecule has 1 fully saturated rings. The molecule has 0 aromatic heterocycles. The van der Waals surface area contributed by atoms with Crippen molar-refractivity contribution >= 4 is 17.6 Å². The van der Waals surface area contributed by atoms with Gasteiger partial charge in [0.15, 0.2) is 0 Å². The third kappa shape index (κ3) is 6.54. The van der Waals surface area contributed by atoms with Crippen molar-refractivity contribution in [1.29, 1.82) is 0 Å². The van der Waals surface area contributed by atoms with E-state index in [1.54, 1.807) is 6.07 Å². The van der Waals surface area contributed by atoms with Crippen molar-refractivity contribution in [3.8, 4) is 0 Å². The summed E-state index contributed by atoms with van der Waals surface area (Å²) in [4.78, 5) is 11.4. The van der Waals surface area contributed by atoms with Crippen molar-refractivity contribution in [2.75, 3.05) is 0 Å². The summed E-state index contributed by atoms with van der Waals surface area (Å²) in [5.74, 6) is -0.832. The number of carboxylic acid groups (broad SMARTS) is 1. The predicted octanol–water partition coefficient (Wildman–Crippen LogP) is 6.62. The molecule has 1 saturated heterocycles. The van der Waals surface area contributed by atoms with Crippen LogP contribution in [0.4, 0.5) is 0 Å². The highest BCUT2D eigenvalue weighted by Crippen LogP contribution is 2.41. The lowest BCUT2D eigenvalue weighted by Gasteiger charge is -2.46. The normalized spacial score (nSPS) is 23.9. The molecule has 6 heteroatoms. The van der Waals surface area contributed by atoms with Crippen LogP contribution in [-0.4, -0.2) is 29.4 Å². The highest BCUT2D eigenvalue weighted by Gasteiger charge is 2.45. The average molecular weight is 509 g/mol. The highest BCUT2D eigenvalue weighted by molar-refractivity contribution is 6.31. The first-order chi connectivity index (χ1) is 17.5. The molecule has 36 heavy (non-hydrogen) atoms. The summed E-state index contributed by atoms with van der Waals surface area (Å²) in [5, 5.41) is 9.78. The molecule has 1 heterocycles. The van der Waals surface area contributed by atoms with E-state index in [4.69, 9.17) is 25.8 Å². The number of aliphatic carboxylic acids is 1. The lowest BCUT2D eigenvalue weighted by Crippen LogP contribution is -2.51. The largest absolute Gasteiger partial charge is 0.481 e. The molecule has 190 valence electrons. The smallest absolute Gasteiger partial charge is 0.307 e.